The molecule has 0 aliphatic rings. The molecule has 0 spiro atoms. The molecule has 0 saturated heterocycles. The van der Waals surface area contributed by atoms with Crippen LogP contribution in [0, 0.1) is 27.7 Å². The van der Waals surface area contributed by atoms with E-state index in [1.54, 1.807) is 0 Å². The normalized spacial score (nSPS) is 11.9. The second-order valence-corrected chi connectivity index (χ2v) is 12.6. The SMILES string of the molecule is Cc1cc(C)cc(-c2nc3ccc4ccc(-c5ccc6c(c5)c5ccccc5c5oc(-c7cc(C)cc(C)c7)nc65)cc4c3o2)c1. The number of rotatable bonds is 3. The van der Waals surface area contributed by atoms with Crippen molar-refractivity contribution < 1.29 is 8.83 Å². The predicted molar refractivity (Wildman–Crippen MR) is 189 cm³/mol. The lowest BCUT2D eigenvalue weighted by molar-refractivity contribution is 0.622. The summed E-state index contributed by atoms with van der Waals surface area (Å²) in [6.45, 7) is 8.42. The van der Waals surface area contributed by atoms with E-state index in [1.807, 2.05) is 6.07 Å². The van der Waals surface area contributed by atoms with Gasteiger partial charge in [-0.2, -0.15) is 0 Å². The number of hydrogen-bond donors (Lipinski definition) is 0. The zero-order valence-corrected chi connectivity index (χ0v) is 26.1. The molecule has 220 valence electrons. The van der Waals surface area contributed by atoms with Crippen molar-refractivity contribution in [3.05, 3.63) is 131 Å². The highest BCUT2D eigenvalue weighted by atomic mass is 16.4. The molecule has 0 fully saturated rings. The first-order chi connectivity index (χ1) is 22.4. The first-order valence-electron chi connectivity index (χ1n) is 15.6. The first kappa shape index (κ1) is 26.6. The number of fused-ring (bicyclic) bond motifs is 9. The molecule has 9 aromatic rings. The van der Waals surface area contributed by atoms with Crippen molar-refractivity contribution in [3.8, 4) is 34.0 Å². The fourth-order valence-corrected chi connectivity index (χ4v) is 7.08. The molecule has 9 rings (SSSR count). The molecule has 4 heteroatoms. The first-order valence-corrected chi connectivity index (χ1v) is 15.6. The highest BCUT2D eigenvalue weighted by Gasteiger charge is 2.18. The lowest BCUT2D eigenvalue weighted by Gasteiger charge is -2.09. The third-order valence-electron chi connectivity index (χ3n) is 9.01. The van der Waals surface area contributed by atoms with Gasteiger partial charge < -0.3 is 8.83 Å². The molecular weight excluding hydrogens is 564 g/mol. The van der Waals surface area contributed by atoms with Gasteiger partial charge in [-0.25, -0.2) is 9.97 Å². The molecule has 0 amide bonds. The molecule has 46 heavy (non-hydrogen) atoms. The molecule has 0 bridgehead atoms. The Morgan fingerprint density at radius 3 is 1.67 bits per heavy atom. The number of nitrogens with zero attached hydrogens (tertiary/aromatic N) is 2. The molecule has 7 aromatic carbocycles. The topological polar surface area (TPSA) is 52.1 Å². The van der Waals surface area contributed by atoms with Crippen LogP contribution >= 0.6 is 0 Å². The van der Waals surface area contributed by atoms with Crippen LogP contribution in [0.3, 0.4) is 0 Å². The van der Waals surface area contributed by atoms with E-state index in [0.717, 1.165) is 76.8 Å². The van der Waals surface area contributed by atoms with Gasteiger partial charge in [-0.1, -0.05) is 89.0 Å². The predicted octanol–water partition coefficient (Wildman–Crippen LogP) is 11.7. The minimum atomic E-state index is 0.647. The number of benzene rings is 7. The van der Waals surface area contributed by atoms with Crippen LogP contribution in [0.25, 0.3) is 88.6 Å². The molecule has 0 atom stereocenters. The van der Waals surface area contributed by atoms with E-state index in [-0.39, 0.29) is 0 Å². The second-order valence-electron chi connectivity index (χ2n) is 12.6. The number of aromatic nitrogens is 2. The number of aryl methyl sites for hydroxylation is 4. The smallest absolute Gasteiger partial charge is 0.227 e. The van der Waals surface area contributed by atoms with E-state index in [9.17, 15) is 0 Å². The minimum Gasteiger partial charge on any atom is -0.435 e. The van der Waals surface area contributed by atoms with Crippen LogP contribution in [0.1, 0.15) is 22.3 Å². The summed E-state index contributed by atoms with van der Waals surface area (Å²) in [5, 5.41) is 6.60. The third-order valence-corrected chi connectivity index (χ3v) is 9.01. The van der Waals surface area contributed by atoms with E-state index in [1.165, 1.54) is 22.3 Å². The Hall–Kier alpha value is -5.74. The molecule has 0 unspecified atom stereocenters. The van der Waals surface area contributed by atoms with Gasteiger partial charge in [0, 0.05) is 27.3 Å². The molecule has 0 aliphatic carbocycles. The maximum Gasteiger partial charge on any atom is 0.227 e. The van der Waals surface area contributed by atoms with E-state index in [4.69, 9.17) is 18.8 Å². The average molecular weight is 595 g/mol. The average Bonchev–Trinajstić information content (AvgIpc) is 3.70. The van der Waals surface area contributed by atoms with Gasteiger partial charge >= 0.3 is 0 Å². The van der Waals surface area contributed by atoms with Crippen LogP contribution in [-0.4, -0.2) is 9.97 Å². The standard InChI is InChI=1S/C42H30N2O2/c1-23-15-24(2)18-30(17-23)41-43-37-14-12-27-9-10-28(21-35(27)39(37)45-41)29-11-13-33-36(22-29)32-7-5-6-8-34(32)40-38(33)44-42(46-40)31-19-25(3)16-26(4)20-31/h5-22H,1-4H3. The lowest BCUT2D eigenvalue weighted by atomic mass is 9.95. The van der Waals surface area contributed by atoms with Gasteiger partial charge in [0.15, 0.2) is 11.2 Å². The van der Waals surface area contributed by atoms with Crippen molar-refractivity contribution >= 4 is 54.5 Å². The van der Waals surface area contributed by atoms with Crippen molar-refractivity contribution in [3.63, 3.8) is 0 Å². The fraction of sp³-hybridized carbons (Fsp3) is 0.0952. The van der Waals surface area contributed by atoms with Crippen LogP contribution < -0.4 is 0 Å². The molecule has 4 nitrogen and oxygen atoms in total. The summed E-state index contributed by atoms with van der Waals surface area (Å²) < 4.78 is 13.0. The Labute approximate surface area is 265 Å². The fourth-order valence-electron chi connectivity index (χ4n) is 7.08. The van der Waals surface area contributed by atoms with Crippen LogP contribution in [0.15, 0.2) is 118 Å². The second kappa shape index (κ2) is 9.88. The van der Waals surface area contributed by atoms with E-state index < -0.39 is 0 Å². The van der Waals surface area contributed by atoms with Crippen molar-refractivity contribution in [1.82, 2.24) is 9.97 Å². The van der Waals surface area contributed by atoms with Gasteiger partial charge in [-0.3, -0.25) is 0 Å². The van der Waals surface area contributed by atoms with Crippen LogP contribution in [0.4, 0.5) is 0 Å². The Morgan fingerprint density at radius 2 is 0.978 bits per heavy atom. The van der Waals surface area contributed by atoms with Gasteiger partial charge in [0.25, 0.3) is 0 Å². The molecule has 2 heterocycles. The molecule has 0 N–H and O–H groups in total. The number of hydrogen-bond acceptors (Lipinski definition) is 4. The van der Waals surface area contributed by atoms with Crippen molar-refractivity contribution in [2.45, 2.75) is 27.7 Å². The summed E-state index contributed by atoms with van der Waals surface area (Å²) in [6, 6.07) is 38.7. The Bertz CT molecular complexity index is 2650. The largest absolute Gasteiger partial charge is 0.435 e. The third kappa shape index (κ3) is 4.21. The summed E-state index contributed by atoms with van der Waals surface area (Å²) >= 11 is 0. The maximum atomic E-state index is 6.51. The Kier molecular flexibility index (Phi) is 5.72. The zero-order valence-electron chi connectivity index (χ0n) is 26.1. The molecule has 0 aliphatic heterocycles. The molecule has 0 radical (unpaired) electrons. The maximum absolute atomic E-state index is 6.51. The number of oxazole rings is 2. The minimum absolute atomic E-state index is 0.647. The van der Waals surface area contributed by atoms with Gasteiger partial charge in [-0.05, 0) is 97.4 Å². The van der Waals surface area contributed by atoms with E-state index in [2.05, 4.69) is 131 Å². The molecular formula is C42H30N2O2. The summed E-state index contributed by atoms with van der Waals surface area (Å²) in [7, 11) is 0. The summed E-state index contributed by atoms with van der Waals surface area (Å²) in [5.41, 5.74) is 12.4. The van der Waals surface area contributed by atoms with E-state index in [0.29, 0.717) is 11.8 Å². The lowest BCUT2D eigenvalue weighted by Crippen LogP contribution is -1.85. The molecule has 0 saturated carbocycles. The van der Waals surface area contributed by atoms with Crippen LogP contribution in [-0.2, 0) is 0 Å². The Balaban J connectivity index is 1.22. The summed E-state index contributed by atoms with van der Waals surface area (Å²) in [5.74, 6) is 1.29. The van der Waals surface area contributed by atoms with Gasteiger partial charge in [0.1, 0.15) is 11.0 Å². The highest BCUT2D eigenvalue weighted by molar-refractivity contribution is 6.23. The van der Waals surface area contributed by atoms with E-state index >= 15 is 0 Å². The monoisotopic (exact) mass is 594 g/mol. The zero-order chi connectivity index (χ0) is 31.1. The molecule has 2 aromatic heterocycles. The summed E-state index contributed by atoms with van der Waals surface area (Å²) in [4.78, 5) is 9.95. The van der Waals surface area contributed by atoms with Gasteiger partial charge in [-0.15, -0.1) is 0 Å². The quantitative estimate of drug-likeness (QED) is 0.191. The van der Waals surface area contributed by atoms with Gasteiger partial charge in [0.05, 0.1) is 0 Å². The van der Waals surface area contributed by atoms with Crippen molar-refractivity contribution in [2.24, 2.45) is 0 Å². The van der Waals surface area contributed by atoms with Crippen LogP contribution in [0.5, 0.6) is 0 Å². The van der Waals surface area contributed by atoms with Crippen LogP contribution in [0.2, 0.25) is 0 Å². The highest BCUT2D eigenvalue weighted by Crippen LogP contribution is 2.40. The summed E-state index contributed by atoms with van der Waals surface area (Å²) in [6.07, 6.45) is 0. The van der Waals surface area contributed by atoms with Crippen molar-refractivity contribution in [2.75, 3.05) is 0 Å². The van der Waals surface area contributed by atoms with Crippen molar-refractivity contribution in [1.29, 1.82) is 0 Å². The Morgan fingerprint density at radius 1 is 0.413 bits per heavy atom. The van der Waals surface area contributed by atoms with Gasteiger partial charge in [0.2, 0.25) is 11.8 Å².